The summed E-state index contributed by atoms with van der Waals surface area (Å²) in [6.45, 7) is 4.55. The molecule has 1 rings (SSSR count). The zero-order valence-corrected chi connectivity index (χ0v) is 10.7. The zero-order chi connectivity index (χ0) is 11.5. The van der Waals surface area contributed by atoms with Gasteiger partial charge in [0.25, 0.3) is 0 Å². The highest BCUT2D eigenvalue weighted by atomic mass is 79.9. The van der Waals surface area contributed by atoms with E-state index in [1.165, 1.54) is 0 Å². The molecule has 0 saturated heterocycles. The van der Waals surface area contributed by atoms with Gasteiger partial charge in [0.2, 0.25) is 11.8 Å². The van der Waals surface area contributed by atoms with Gasteiger partial charge < -0.3 is 10.6 Å². The third kappa shape index (κ3) is 4.64. The van der Waals surface area contributed by atoms with Crippen LogP contribution in [-0.4, -0.2) is 29.2 Å². The fraction of sp³-hybridized carbons (Fsp3) is 0.800. The van der Waals surface area contributed by atoms with Crippen molar-refractivity contribution in [2.45, 2.75) is 31.0 Å². The van der Waals surface area contributed by atoms with Gasteiger partial charge in [-0.15, -0.1) is 0 Å². The second-order valence-corrected chi connectivity index (χ2v) is 6.28. The molecule has 2 N–H and O–H groups in total. The van der Waals surface area contributed by atoms with Crippen molar-refractivity contribution in [1.82, 2.24) is 10.6 Å². The van der Waals surface area contributed by atoms with Gasteiger partial charge in [-0.2, -0.15) is 0 Å². The molecule has 1 aliphatic rings. The van der Waals surface area contributed by atoms with Gasteiger partial charge in [0, 0.05) is 19.0 Å². The first kappa shape index (κ1) is 12.5. The number of halogens is 1. The third-order valence-corrected chi connectivity index (χ3v) is 2.56. The molecule has 1 fully saturated rings. The molecule has 0 aliphatic heterocycles. The van der Waals surface area contributed by atoms with Crippen molar-refractivity contribution in [3.05, 3.63) is 0 Å². The summed E-state index contributed by atoms with van der Waals surface area (Å²) < 4.78 is -0.548. The number of alkyl halides is 1. The molecule has 5 heteroatoms. The van der Waals surface area contributed by atoms with Crippen LogP contribution in [0.3, 0.4) is 0 Å². The lowest BCUT2D eigenvalue weighted by molar-refractivity contribution is -0.124. The van der Waals surface area contributed by atoms with Gasteiger partial charge in [-0.05, 0) is 26.7 Å². The van der Waals surface area contributed by atoms with Gasteiger partial charge in [0.1, 0.15) is 0 Å². The lowest BCUT2D eigenvalue weighted by Gasteiger charge is -2.15. The summed E-state index contributed by atoms with van der Waals surface area (Å²) >= 11 is 3.26. The summed E-state index contributed by atoms with van der Waals surface area (Å²) in [4.78, 5) is 22.6. The summed E-state index contributed by atoms with van der Waals surface area (Å²) in [6.07, 6.45) is 2.01. The Morgan fingerprint density at radius 2 is 1.80 bits per heavy atom. The van der Waals surface area contributed by atoms with Crippen LogP contribution in [0.25, 0.3) is 0 Å². The SMILES string of the molecule is CC(C)(Br)C(=O)NCCNC(=O)C1CC1. The number of carbonyl (C=O) groups excluding carboxylic acids is 2. The summed E-state index contributed by atoms with van der Waals surface area (Å²) in [5.74, 6) is 0.277. The van der Waals surface area contributed by atoms with Crippen LogP contribution < -0.4 is 10.6 Å². The average molecular weight is 277 g/mol. The summed E-state index contributed by atoms with van der Waals surface area (Å²) in [5.41, 5.74) is 0. The summed E-state index contributed by atoms with van der Waals surface area (Å²) in [7, 11) is 0. The first-order valence-corrected chi connectivity index (χ1v) is 5.95. The molecule has 2 amide bonds. The Morgan fingerprint density at radius 3 is 2.27 bits per heavy atom. The van der Waals surface area contributed by atoms with Crippen molar-refractivity contribution < 1.29 is 9.59 Å². The maximum absolute atomic E-state index is 11.4. The predicted molar refractivity (Wildman–Crippen MR) is 61.7 cm³/mol. The first-order chi connectivity index (χ1) is 6.91. The maximum Gasteiger partial charge on any atom is 0.236 e. The molecule has 0 heterocycles. The van der Waals surface area contributed by atoms with Gasteiger partial charge >= 0.3 is 0 Å². The van der Waals surface area contributed by atoms with Crippen LogP contribution in [-0.2, 0) is 9.59 Å². The summed E-state index contributed by atoms with van der Waals surface area (Å²) in [6, 6.07) is 0. The van der Waals surface area contributed by atoms with Gasteiger partial charge in [-0.1, -0.05) is 15.9 Å². The quantitative estimate of drug-likeness (QED) is 0.577. The van der Waals surface area contributed by atoms with Gasteiger partial charge in [0.15, 0.2) is 0 Å². The van der Waals surface area contributed by atoms with Crippen LogP contribution in [0, 0.1) is 5.92 Å². The van der Waals surface area contributed by atoms with Gasteiger partial charge in [0.05, 0.1) is 4.32 Å². The third-order valence-electron chi connectivity index (χ3n) is 2.20. The van der Waals surface area contributed by atoms with Gasteiger partial charge in [-0.25, -0.2) is 0 Å². The smallest absolute Gasteiger partial charge is 0.236 e. The largest absolute Gasteiger partial charge is 0.354 e. The Morgan fingerprint density at radius 1 is 1.27 bits per heavy atom. The van der Waals surface area contributed by atoms with Crippen LogP contribution in [0.15, 0.2) is 0 Å². The fourth-order valence-corrected chi connectivity index (χ4v) is 1.20. The van der Waals surface area contributed by atoms with E-state index >= 15 is 0 Å². The molecule has 0 spiro atoms. The minimum absolute atomic E-state index is 0.0665. The zero-order valence-electron chi connectivity index (χ0n) is 9.10. The molecule has 86 valence electrons. The second-order valence-electron chi connectivity index (χ2n) is 4.29. The maximum atomic E-state index is 11.4. The van der Waals surface area contributed by atoms with E-state index < -0.39 is 4.32 Å². The monoisotopic (exact) mass is 276 g/mol. The Balaban J connectivity index is 2.06. The Labute approximate surface area is 98.3 Å². The Kier molecular flexibility index (Phi) is 4.13. The van der Waals surface area contributed by atoms with Crippen molar-refractivity contribution in [2.75, 3.05) is 13.1 Å². The number of hydrogen-bond acceptors (Lipinski definition) is 2. The number of carbonyl (C=O) groups is 2. The standard InChI is InChI=1S/C10H17BrN2O2/c1-10(2,11)9(15)13-6-5-12-8(14)7-3-4-7/h7H,3-6H2,1-2H3,(H,12,14)(H,13,15). The van der Waals surface area contributed by atoms with E-state index in [1.54, 1.807) is 13.8 Å². The number of amides is 2. The van der Waals surface area contributed by atoms with Crippen molar-refractivity contribution >= 4 is 27.7 Å². The van der Waals surface area contributed by atoms with Crippen LogP contribution in [0.5, 0.6) is 0 Å². The van der Waals surface area contributed by atoms with E-state index in [9.17, 15) is 9.59 Å². The van der Waals surface area contributed by atoms with Crippen LogP contribution in [0.4, 0.5) is 0 Å². The van der Waals surface area contributed by atoms with E-state index in [0.717, 1.165) is 12.8 Å². The predicted octanol–water partition coefficient (Wildman–Crippen LogP) is 0.802. The molecule has 0 aromatic heterocycles. The summed E-state index contributed by atoms with van der Waals surface area (Å²) in [5, 5.41) is 5.52. The highest BCUT2D eigenvalue weighted by Gasteiger charge is 2.29. The molecular formula is C10H17BrN2O2. The molecule has 0 bridgehead atoms. The fourth-order valence-electron chi connectivity index (χ4n) is 1.06. The normalized spacial score (nSPS) is 15.9. The highest BCUT2D eigenvalue weighted by Crippen LogP contribution is 2.28. The molecule has 0 aromatic rings. The van der Waals surface area contributed by atoms with Crippen LogP contribution in [0.2, 0.25) is 0 Å². The van der Waals surface area contributed by atoms with Crippen molar-refractivity contribution in [3.8, 4) is 0 Å². The average Bonchev–Trinajstić information content (AvgIpc) is 2.92. The van der Waals surface area contributed by atoms with E-state index in [4.69, 9.17) is 0 Å². The molecule has 0 aromatic carbocycles. The molecule has 0 radical (unpaired) electrons. The lowest BCUT2D eigenvalue weighted by atomic mass is 10.2. The van der Waals surface area contributed by atoms with E-state index in [1.807, 2.05) is 0 Å². The molecule has 0 unspecified atom stereocenters. The molecule has 1 aliphatic carbocycles. The van der Waals surface area contributed by atoms with E-state index in [-0.39, 0.29) is 17.7 Å². The van der Waals surface area contributed by atoms with Crippen LogP contribution >= 0.6 is 15.9 Å². The van der Waals surface area contributed by atoms with E-state index in [0.29, 0.717) is 13.1 Å². The molecule has 4 nitrogen and oxygen atoms in total. The number of hydrogen-bond donors (Lipinski definition) is 2. The minimum atomic E-state index is -0.548. The number of rotatable bonds is 5. The topological polar surface area (TPSA) is 58.2 Å². The lowest BCUT2D eigenvalue weighted by Crippen LogP contribution is -2.41. The highest BCUT2D eigenvalue weighted by molar-refractivity contribution is 9.10. The molecular weight excluding hydrogens is 260 g/mol. The molecule has 0 atom stereocenters. The van der Waals surface area contributed by atoms with Crippen molar-refractivity contribution in [3.63, 3.8) is 0 Å². The van der Waals surface area contributed by atoms with Gasteiger partial charge in [-0.3, -0.25) is 9.59 Å². The first-order valence-electron chi connectivity index (χ1n) is 5.16. The van der Waals surface area contributed by atoms with Crippen molar-refractivity contribution in [2.24, 2.45) is 5.92 Å². The molecule has 1 saturated carbocycles. The van der Waals surface area contributed by atoms with E-state index in [2.05, 4.69) is 26.6 Å². The Hall–Kier alpha value is -0.580. The minimum Gasteiger partial charge on any atom is -0.354 e. The van der Waals surface area contributed by atoms with Crippen LogP contribution in [0.1, 0.15) is 26.7 Å². The second kappa shape index (κ2) is 4.96. The Bertz CT molecular complexity index is 257. The molecule has 15 heavy (non-hydrogen) atoms. The number of nitrogens with one attached hydrogen (secondary N) is 2. The van der Waals surface area contributed by atoms with Crippen molar-refractivity contribution in [1.29, 1.82) is 0 Å².